The Hall–Kier alpha value is -3.12. The van der Waals surface area contributed by atoms with Gasteiger partial charge in [0.25, 0.3) is 0 Å². The molecule has 0 bridgehead atoms. The Morgan fingerprint density at radius 1 is 0.302 bits per heavy atom. The van der Waals surface area contributed by atoms with Crippen LogP contribution in [0.25, 0.3) is 0 Å². The lowest BCUT2D eigenvalue weighted by atomic mass is 10.0. The smallest absolute Gasteiger partial charge is 0.0219 e. The van der Waals surface area contributed by atoms with Crippen LogP contribution >= 0.6 is 0 Å². The predicted octanol–water partition coefficient (Wildman–Crippen LogP) is 14.4. The summed E-state index contributed by atoms with van der Waals surface area (Å²) in [6.07, 6.45) is 0. The van der Waals surface area contributed by atoms with Crippen molar-refractivity contribution in [2.75, 3.05) is 0 Å². The van der Waals surface area contributed by atoms with Crippen molar-refractivity contribution in [2.45, 2.75) is 129 Å². The van der Waals surface area contributed by atoms with Crippen molar-refractivity contribution < 1.29 is 0 Å². The molecule has 4 rings (SSSR count). The molecule has 0 fully saturated rings. The lowest BCUT2D eigenvalue weighted by Gasteiger charge is -2.04. The second-order valence-corrected chi connectivity index (χ2v) is 12.3. The molecule has 0 unspecified atom stereocenters. The normalized spacial score (nSPS) is 9.67. The van der Waals surface area contributed by atoms with Gasteiger partial charge < -0.3 is 0 Å². The summed E-state index contributed by atoms with van der Waals surface area (Å²) in [5, 5.41) is 0. The average Bonchev–Trinajstić information content (AvgIpc) is 2.90. The zero-order chi connectivity index (χ0) is 30.2. The van der Waals surface area contributed by atoms with Gasteiger partial charge in [-0.1, -0.05) is 197 Å². The maximum atomic E-state index is 2.24. The minimum absolute atomic E-state index is 0. The predicted molar refractivity (Wildman–Crippen MR) is 201 cm³/mol. The molecular formula is C43H68. The highest BCUT2D eigenvalue weighted by Gasteiger charge is 1.98. The van der Waals surface area contributed by atoms with E-state index in [0.29, 0.717) is 23.7 Å². The lowest BCUT2D eigenvalue weighted by Crippen LogP contribution is -1.86. The summed E-state index contributed by atoms with van der Waals surface area (Å²) >= 11 is 0. The monoisotopic (exact) mass is 585 g/mol. The van der Waals surface area contributed by atoms with Crippen molar-refractivity contribution in [3.63, 3.8) is 0 Å². The minimum atomic E-state index is 0. The van der Waals surface area contributed by atoms with E-state index >= 15 is 0 Å². The van der Waals surface area contributed by atoms with E-state index in [1.807, 2.05) is 0 Å². The SMILES string of the molecule is C.C.C.Cc1ccc(C(C)C)cc1.Cc1ccc(C(C)C)cc1.Cc1cccc(C(C)C)c1.Cc1cccc(C(C)C)c1. The highest BCUT2D eigenvalue weighted by atomic mass is 14.0. The average molecular weight is 585 g/mol. The van der Waals surface area contributed by atoms with Crippen LogP contribution in [0.15, 0.2) is 97.1 Å². The van der Waals surface area contributed by atoms with Gasteiger partial charge in [0.15, 0.2) is 0 Å². The van der Waals surface area contributed by atoms with Gasteiger partial charge >= 0.3 is 0 Å². The van der Waals surface area contributed by atoms with Crippen LogP contribution in [0.4, 0.5) is 0 Å². The van der Waals surface area contributed by atoms with Crippen LogP contribution in [0.2, 0.25) is 0 Å². The molecule has 0 heterocycles. The van der Waals surface area contributed by atoms with Gasteiger partial charge in [0.1, 0.15) is 0 Å². The third-order valence-electron chi connectivity index (χ3n) is 6.91. The Kier molecular flexibility index (Phi) is 24.1. The molecular weight excluding hydrogens is 516 g/mol. The minimum Gasteiger partial charge on any atom is -0.0776 e. The van der Waals surface area contributed by atoms with Gasteiger partial charge in [0, 0.05) is 0 Å². The molecule has 0 nitrogen and oxygen atoms in total. The summed E-state index contributed by atoms with van der Waals surface area (Å²) in [6.45, 7) is 26.2. The maximum absolute atomic E-state index is 2.24. The van der Waals surface area contributed by atoms with Crippen LogP contribution in [0.1, 0.15) is 146 Å². The summed E-state index contributed by atoms with van der Waals surface area (Å²) in [6, 6.07) is 34.8. The van der Waals surface area contributed by atoms with Crippen molar-refractivity contribution in [1.82, 2.24) is 0 Å². The third kappa shape index (κ3) is 18.9. The molecule has 0 amide bonds. The van der Waals surface area contributed by atoms with E-state index in [-0.39, 0.29) is 22.3 Å². The van der Waals surface area contributed by atoms with Crippen LogP contribution in [-0.2, 0) is 0 Å². The molecule has 0 aromatic heterocycles. The van der Waals surface area contributed by atoms with E-state index in [4.69, 9.17) is 0 Å². The third-order valence-corrected chi connectivity index (χ3v) is 6.91. The maximum Gasteiger partial charge on any atom is -0.0219 e. The first-order chi connectivity index (χ1) is 18.8. The number of hydrogen-bond acceptors (Lipinski definition) is 0. The zero-order valence-electron chi connectivity index (χ0n) is 27.5. The standard InChI is InChI=1S/4C10H14.3CH4/c2*1-8(2)10-6-4-9(3)5-7-10;2*1-8(2)10-6-4-5-9(3)7-10;;;/h4*4-8H,1-3H3;3*1H4. The van der Waals surface area contributed by atoms with Crippen LogP contribution in [-0.4, -0.2) is 0 Å². The number of rotatable bonds is 4. The van der Waals surface area contributed by atoms with E-state index in [2.05, 4.69) is 180 Å². The van der Waals surface area contributed by atoms with E-state index in [1.54, 1.807) is 0 Å². The lowest BCUT2D eigenvalue weighted by molar-refractivity contribution is 0.865. The van der Waals surface area contributed by atoms with Crippen LogP contribution < -0.4 is 0 Å². The van der Waals surface area contributed by atoms with Gasteiger partial charge in [-0.2, -0.15) is 0 Å². The van der Waals surface area contributed by atoms with Gasteiger partial charge in [-0.15, -0.1) is 0 Å². The molecule has 0 aliphatic rings. The van der Waals surface area contributed by atoms with Crippen LogP contribution in [0.3, 0.4) is 0 Å². The Morgan fingerprint density at radius 2 is 0.558 bits per heavy atom. The van der Waals surface area contributed by atoms with Crippen molar-refractivity contribution in [3.8, 4) is 0 Å². The number of aryl methyl sites for hydroxylation is 4. The van der Waals surface area contributed by atoms with Crippen molar-refractivity contribution >= 4 is 0 Å². The fraction of sp³-hybridized carbons (Fsp3) is 0.442. The Bertz CT molecular complexity index is 1110. The molecule has 0 aliphatic heterocycles. The molecule has 4 aromatic carbocycles. The first kappa shape index (κ1) is 44.3. The van der Waals surface area contributed by atoms with Gasteiger partial charge in [0.05, 0.1) is 0 Å². The van der Waals surface area contributed by atoms with Crippen LogP contribution in [0.5, 0.6) is 0 Å². The zero-order valence-corrected chi connectivity index (χ0v) is 27.5. The van der Waals surface area contributed by atoms with E-state index in [1.165, 1.54) is 44.5 Å². The number of benzene rings is 4. The summed E-state index contributed by atoms with van der Waals surface area (Å²) in [4.78, 5) is 0. The number of hydrogen-bond donors (Lipinski definition) is 0. The van der Waals surface area contributed by atoms with Crippen molar-refractivity contribution in [2.24, 2.45) is 0 Å². The highest BCUT2D eigenvalue weighted by molar-refractivity contribution is 5.26. The molecule has 240 valence electrons. The van der Waals surface area contributed by atoms with Crippen molar-refractivity contribution in [1.29, 1.82) is 0 Å². The first-order valence-electron chi connectivity index (χ1n) is 15.1. The summed E-state index contributed by atoms with van der Waals surface area (Å²) in [7, 11) is 0. The van der Waals surface area contributed by atoms with Gasteiger partial charge in [-0.05, 0) is 73.6 Å². The Balaban J connectivity index is -0.000000485. The molecule has 0 aliphatic carbocycles. The Morgan fingerprint density at radius 3 is 0.744 bits per heavy atom. The molecule has 4 aromatic rings. The molecule has 0 heteroatoms. The van der Waals surface area contributed by atoms with Gasteiger partial charge in [-0.25, -0.2) is 0 Å². The van der Waals surface area contributed by atoms with Gasteiger partial charge in [-0.3, -0.25) is 0 Å². The summed E-state index contributed by atoms with van der Waals surface area (Å²) in [5.41, 5.74) is 11.1. The van der Waals surface area contributed by atoms with Crippen molar-refractivity contribution in [3.05, 3.63) is 142 Å². The first-order valence-corrected chi connectivity index (χ1v) is 15.1. The molecule has 0 radical (unpaired) electrons. The molecule has 0 spiro atoms. The largest absolute Gasteiger partial charge is 0.0776 e. The summed E-state index contributed by atoms with van der Waals surface area (Å²) in [5.74, 6) is 2.61. The van der Waals surface area contributed by atoms with E-state index in [9.17, 15) is 0 Å². The van der Waals surface area contributed by atoms with E-state index in [0.717, 1.165) is 0 Å². The topological polar surface area (TPSA) is 0 Å². The summed E-state index contributed by atoms with van der Waals surface area (Å²) < 4.78 is 0. The fourth-order valence-corrected chi connectivity index (χ4v) is 3.96. The van der Waals surface area contributed by atoms with E-state index < -0.39 is 0 Å². The Labute approximate surface area is 270 Å². The van der Waals surface area contributed by atoms with Gasteiger partial charge in [0.2, 0.25) is 0 Å². The highest BCUT2D eigenvalue weighted by Crippen LogP contribution is 2.16. The molecule has 0 saturated heterocycles. The fourth-order valence-electron chi connectivity index (χ4n) is 3.96. The molecule has 0 saturated carbocycles. The molecule has 0 atom stereocenters. The molecule has 0 N–H and O–H groups in total. The second-order valence-electron chi connectivity index (χ2n) is 12.3. The van der Waals surface area contributed by atoms with Crippen LogP contribution in [0, 0.1) is 27.7 Å². The molecule has 43 heavy (non-hydrogen) atoms. The second kappa shape index (κ2) is 23.3. The quantitative estimate of drug-likeness (QED) is 0.224.